The first-order valence-electron chi connectivity index (χ1n) is 4.50. The van der Waals surface area contributed by atoms with Crippen molar-refractivity contribution in [2.24, 2.45) is 0 Å². The first-order valence-corrected chi connectivity index (χ1v) is 4.50. The van der Waals surface area contributed by atoms with Crippen molar-refractivity contribution in [1.82, 2.24) is 0 Å². The van der Waals surface area contributed by atoms with E-state index in [0.29, 0.717) is 13.2 Å². The van der Waals surface area contributed by atoms with Crippen LogP contribution in [0.3, 0.4) is 0 Å². The molecule has 1 N–H and O–H groups in total. The number of rotatable bonds is 0. The van der Waals surface area contributed by atoms with Crippen LogP contribution in [0, 0.1) is 6.92 Å². The Morgan fingerprint density at radius 2 is 2.23 bits per heavy atom. The lowest BCUT2D eigenvalue weighted by Crippen LogP contribution is -2.33. The van der Waals surface area contributed by atoms with Crippen LogP contribution in [0.4, 0.5) is 0 Å². The van der Waals surface area contributed by atoms with Gasteiger partial charge in [-0.2, -0.15) is 0 Å². The van der Waals surface area contributed by atoms with Crippen molar-refractivity contribution < 1.29 is 9.84 Å². The molecule has 0 aromatic heterocycles. The second kappa shape index (κ2) is 2.82. The predicted molar refractivity (Wildman–Crippen MR) is 50.4 cm³/mol. The van der Waals surface area contributed by atoms with Gasteiger partial charge in [-0.05, 0) is 25.0 Å². The van der Waals surface area contributed by atoms with Gasteiger partial charge in [0.05, 0.1) is 13.2 Å². The molecule has 1 aromatic rings. The maximum absolute atomic E-state index is 10.0. The van der Waals surface area contributed by atoms with E-state index in [0.717, 1.165) is 11.1 Å². The van der Waals surface area contributed by atoms with E-state index in [-0.39, 0.29) is 0 Å². The summed E-state index contributed by atoms with van der Waals surface area (Å²) in [6, 6.07) is 6.11. The first kappa shape index (κ1) is 8.73. The number of hydrogen-bond donors (Lipinski definition) is 1. The van der Waals surface area contributed by atoms with Crippen molar-refractivity contribution in [3.63, 3.8) is 0 Å². The Labute approximate surface area is 78.2 Å². The van der Waals surface area contributed by atoms with Crippen molar-refractivity contribution in [3.05, 3.63) is 34.9 Å². The summed E-state index contributed by atoms with van der Waals surface area (Å²) in [5, 5.41) is 10.0. The molecule has 70 valence electrons. The maximum Gasteiger partial charge on any atom is 0.110 e. The molecule has 1 atom stereocenters. The summed E-state index contributed by atoms with van der Waals surface area (Å²) in [5.74, 6) is 0. The maximum atomic E-state index is 10.0. The highest BCUT2D eigenvalue weighted by molar-refractivity contribution is 5.36. The topological polar surface area (TPSA) is 29.5 Å². The molecule has 1 heterocycles. The van der Waals surface area contributed by atoms with E-state index in [1.165, 1.54) is 5.56 Å². The van der Waals surface area contributed by atoms with Crippen LogP contribution in [0.1, 0.15) is 23.6 Å². The number of benzene rings is 1. The number of ether oxygens (including phenoxy) is 1. The Hall–Kier alpha value is -0.860. The molecule has 0 radical (unpaired) electrons. The van der Waals surface area contributed by atoms with Gasteiger partial charge in [-0.15, -0.1) is 0 Å². The van der Waals surface area contributed by atoms with Gasteiger partial charge in [0.15, 0.2) is 0 Å². The third kappa shape index (κ3) is 1.47. The molecule has 1 aromatic carbocycles. The molecule has 0 bridgehead atoms. The second-order valence-electron chi connectivity index (χ2n) is 3.93. The van der Waals surface area contributed by atoms with Gasteiger partial charge in [0.25, 0.3) is 0 Å². The summed E-state index contributed by atoms with van der Waals surface area (Å²) >= 11 is 0. The zero-order valence-electron chi connectivity index (χ0n) is 8.00. The van der Waals surface area contributed by atoms with Crippen LogP contribution in [-0.4, -0.2) is 11.7 Å². The third-order valence-corrected chi connectivity index (χ3v) is 2.49. The molecule has 1 aliphatic heterocycles. The molecule has 0 saturated carbocycles. The fourth-order valence-corrected chi connectivity index (χ4v) is 1.76. The van der Waals surface area contributed by atoms with Gasteiger partial charge in [0.2, 0.25) is 0 Å². The van der Waals surface area contributed by atoms with E-state index in [2.05, 4.69) is 0 Å². The fourth-order valence-electron chi connectivity index (χ4n) is 1.76. The van der Waals surface area contributed by atoms with Gasteiger partial charge in [-0.1, -0.05) is 23.8 Å². The SMILES string of the molecule is Cc1ccc2c(c1)C(C)(O)COC2. The fraction of sp³-hybridized carbons (Fsp3) is 0.455. The Bertz CT molecular complexity index is 329. The zero-order valence-corrected chi connectivity index (χ0v) is 8.00. The van der Waals surface area contributed by atoms with Gasteiger partial charge >= 0.3 is 0 Å². The van der Waals surface area contributed by atoms with Crippen LogP contribution in [-0.2, 0) is 16.9 Å². The number of hydrogen-bond acceptors (Lipinski definition) is 2. The zero-order chi connectivity index (χ0) is 9.47. The normalized spacial score (nSPS) is 27.0. The van der Waals surface area contributed by atoms with E-state index in [1.807, 2.05) is 25.1 Å². The van der Waals surface area contributed by atoms with Crippen LogP contribution >= 0.6 is 0 Å². The van der Waals surface area contributed by atoms with E-state index in [4.69, 9.17) is 4.74 Å². The molecule has 2 heteroatoms. The van der Waals surface area contributed by atoms with Gasteiger partial charge in [0, 0.05) is 0 Å². The predicted octanol–water partition coefficient (Wildman–Crippen LogP) is 1.73. The van der Waals surface area contributed by atoms with Gasteiger partial charge < -0.3 is 9.84 Å². The third-order valence-electron chi connectivity index (χ3n) is 2.49. The van der Waals surface area contributed by atoms with E-state index in [1.54, 1.807) is 6.92 Å². The molecule has 2 rings (SSSR count). The molecule has 0 amide bonds. The molecule has 1 aliphatic rings. The van der Waals surface area contributed by atoms with Gasteiger partial charge in [-0.3, -0.25) is 0 Å². The minimum atomic E-state index is -0.820. The van der Waals surface area contributed by atoms with Crippen LogP contribution in [0.25, 0.3) is 0 Å². The van der Waals surface area contributed by atoms with Crippen molar-refractivity contribution in [2.75, 3.05) is 6.61 Å². The molecule has 0 saturated heterocycles. The lowest BCUT2D eigenvalue weighted by molar-refractivity contribution is -0.0603. The van der Waals surface area contributed by atoms with Crippen molar-refractivity contribution in [3.8, 4) is 0 Å². The summed E-state index contributed by atoms with van der Waals surface area (Å²) in [5.41, 5.74) is 2.47. The highest BCUT2D eigenvalue weighted by Gasteiger charge is 2.29. The minimum Gasteiger partial charge on any atom is -0.383 e. The highest BCUT2D eigenvalue weighted by Crippen LogP contribution is 2.30. The molecule has 1 unspecified atom stereocenters. The highest BCUT2D eigenvalue weighted by atomic mass is 16.5. The first-order chi connectivity index (χ1) is 6.09. The Kier molecular flexibility index (Phi) is 1.90. The summed E-state index contributed by atoms with van der Waals surface area (Å²) in [6.45, 7) is 4.84. The van der Waals surface area contributed by atoms with E-state index >= 15 is 0 Å². The summed E-state index contributed by atoms with van der Waals surface area (Å²) < 4.78 is 5.30. The van der Waals surface area contributed by atoms with E-state index < -0.39 is 5.60 Å². The largest absolute Gasteiger partial charge is 0.383 e. The summed E-state index contributed by atoms with van der Waals surface area (Å²) in [4.78, 5) is 0. The van der Waals surface area contributed by atoms with Crippen molar-refractivity contribution in [1.29, 1.82) is 0 Å². The number of aryl methyl sites for hydroxylation is 1. The monoisotopic (exact) mass is 178 g/mol. The Balaban J connectivity index is 2.55. The van der Waals surface area contributed by atoms with Crippen LogP contribution in [0.15, 0.2) is 18.2 Å². The molecule has 13 heavy (non-hydrogen) atoms. The molecule has 0 aliphatic carbocycles. The lowest BCUT2D eigenvalue weighted by Gasteiger charge is -2.31. The van der Waals surface area contributed by atoms with Crippen LogP contribution < -0.4 is 0 Å². The van der Waals surface area contributed by atoms with Crippen LogP contribution in [0.2, 0.25) is 0 Å². The average molecular weight is 178 g/mol. The van der Waals surface area contributed by atoms with Crippen LogP contribution in [0.5, 0.6) is 0 Å². The molecule has 0 fully saturated rings. The second-order valence-corrected chi connectivity index (χ2v) is 3.93. The molecule has 0 spiro atoms. The van der Waals surface area contributed by atoms with E-state index in [9.17, 15) is 5.11 Å². The molecule has 2 nitrogen and oxygen atoms in total. The molecular weight excluding hydrogens is 164 g/mol. The lowest BCUT2D eigenvalue weighted by atomic mass is 9.89. The smallest absolute Gasteiger partial charge is 0.110 e. The Morgan fingerprint density at radius 1 is 1.46 bits per heavy atom. The van der Waals surface area contributed by atoms with Gasteiger partial charge in [0.1, 0.15) is 5.60 Å². The number of aliphatic hydroxyl groups is 1. The Morgan fingerprint density at radius 3 is 3.00 bits per heavy atom. The standard InChI is InChI=1S/C11H14O2/c1-8-3-4-9-6-13-7-11(2,12)10(9)5-8/h3-5,12H,6-7H2,1-2H3. The minimum absolute atomic E-state index is 0.392. The number of fused-ring (bicyclic) bond motifs is 1. The summed E-state index contributed by atoms with van der Waals surface area (Å²) in [6.07, 6.45) is 0. The van der Waals surface area contributed by atoms with Crippen molar-refractivity contribution in [2.45, 2.75) is 26.1 Å². The average Bonchev–Trinajstić information content (AvgIpc) is 2.06. The van der Waals surface area contributed by atoms with Gasteiger partial charge in [-0.25, -0.2) is 0 Å². The quantitative estimate of drug-likeness (QED) is 0.655. The van der Waals surface area contributed by atoms with Crippen molar-refractivity contribution >= 4 is 0 Å². The summed E-state index contributed by atoms with van der Waals surface area (Å²) in [7, 11) is 0. The molecular formula is C11H14O2.